The van der Waals surface area contributed by atoms with Gasteiger partial charge in [0.1, 0.15) is 0 Å². The number of carbonyl (C=O) groups excluding carboxylic acids is 1. The second kappa shape index (κ2) is 6.87. The van der Waals surface area contributed by atoms with Gasteiger partial charge in [-0.15, -0.1) is 11.3 Å². The van der Waals surface area contributed by atoms with Gasteiger partial charge in [0.25, 0.3) is 5.91 Å². The van der Waals surface area contributed by atoms with E-state index < -0.39 is 0 Å². The van der Waals surface area contributed by atoms with Crippen LogP contribution in [0.3, 0.4) is 0 Å². The molecule has 0 unspecified atom stereocenters. The summed E-state index contributed by atoms with van der Waals surface area (Å²) in [4.78, 5) is 21.3. The smallest absolute Gasteiger partial charge is 0.252 e. The highest BCUT2D eigenvalue weighted by Gasteiger charge is 2.12. The van der Waals surface area contributed by atoms with Crippen LogP contribution in [-0.4, -0.2) is 22.4 Å². The molecule has 4 nitrogen and oxygen atoms in total. The van der Waals surface area contributed by atoms with Crippen molar-refractivity contribution < 1.29 is 4.79 Å². The highest BCUT2D eigenvalue weighted by atomic mass is 32.1. The molecule has 1 amide bonds. The molecular formula is C18H19N3OS. The van der Waals surface area contributed by atoms with E-state index in [1.54, 1.807) is 11.3 Å². The van der Waals surface area contributed by atoms with Crippen LogP contribution in [0.4, 0.5) is 0 Å². The Morgan fingerprint density at radius 2 is 2.17 bits per heavy atom. The lowest BCUT2D eigenvalue weighted by atomic mass is 10.0. The van der Waals surface area contributed by atoms with Crippen molar-refractivity contribution in [1.29, 1.82) is 0 Å². The molecule has 0 radical (unpaired) electrons. The van der Waals surface area contributed by atoms with Crippen LogP contribution >= 0.6 is 11.3 Å². The molecule has 0 saturated heterocycles. The van der Waals surface area contributed by atoms with E-state index in [0.717, 1.165) is 35.1 Å². The lowest BCUT2D eigenvalue weighted by Gasteiger charge is -2.10. The third-order valence-electron chi connectivity index (χ3n) is 3.80. The first kappa shape index (κ1) is 15.6. The molecular weight excluding hydrogens is 306 g/mol. The molecule has 2 aromatic heterocycles. The monoisotopic (exact) mass is 325 g/mol. The van der Waals surface area contributed by atoms with Gasteiger partial charge in [0.2, 0.25) is 0 Å². The summed E-state index contributed by atoms with van der Waals surface area (Å²) in [5.41, 5.74) is 6.45. The molecule has 0 aliphatic heterocycles. The van der Waals surface area contributed by atoms with Gasteiger partial charge in [0.05, 0.1) is 22.3 Å². The Balaban J connectivity index is 1.83. The Labute approximate surface area is 139 Å². The largest absolute Gasteiger partial charge is 0.352 e. The Kier molecular flexibility index (Phi) is 4.67. The summed E-state index contributed by atoms with van der Waals surface area (Å²) in [6, 6.07) is 7.99. The van der Waals surface area contributed by atoms with Crippen molar-refractivity contribution in [2.75, 3.05) is 6.54 Å². The van der Waals surface area contributed by atoms with Gasteiger partial charge in [-0.2, -0.15) is 0 Å². The zero-order chi connectivity index (χ0) is 16.2. The average Bonchev–Trinajstić information content (AvgIpc) is 3.07. The highest BCUT2D eigenvalue weighted by molar-refractivity contribution is 7.07. The molecule has 1 N–H and O–H groups in total. The maximum Gasteiger partial charge on any atom is 0.252 e. The van der Waals surface area contributed by atoms with E-state index in [1.165, 1.54) is 5.56 Å². The summed E-state index contributed by atoms with van der Waals surface area (Å²) >= 11 is 1.57. The number of benzene rings is 1. The zero-order valence-electron chi connectivity index (χ0n) is 13.3. The number of rotatable bonds is 5. The maximum atomic E-state index is 12.6. The van der Waals surface area contributed by atoms with E-state index in [1.807, 2.05) is 29.9 Å². The topological polar surface area (TPSA) is 54.9 Å². The lowest BCUT2D eigenvalue weighted by Crippen LogP contribution is -2.26. The van der Waals surface area contributed by atoms with Gasteiger partial charge < -0.3 is 5.32 Å². The zero-order valence-corrected chi connectivity index (χ0v) is 14.1. The van der Waals surface area contributed by atoms with E-state index in [2.05, 4.69) is 34.3 Å². The quantitative estimate of drug-likeness (QED) is 0.780. The van der Waals surface area contributed by atoms with Crippen LogP contribution in [0.25, 0.3) is 10.9 Å². The van der Waals surface area contributed by atoms with Crippen LogP contribution in [0.5, 0.6) is 0 Å². The van der Waals surface area contributed by atoms with E-state index in [4.69, 9.17) is 0 Å². The minimum absolute atomic E-state index is 0.0519. The molecule has 0 atom stereocenters. The number of fused-ring (bicyclic) bond motifs is 1. The summed E-state index contributed by atoms with van der Waals surface area (Å²) in [7, 11) is 0. The van der Waals surface area contributed by atoms with Gasteiger partial charge in [-0.05, 0) is 37.1 Å². The summed E-state index contributed by atoms with van der Waals surface area (Å²) in [6.45, 7) is 4.61. The number of aryl methyl sites for hydroxylation is 2. The Bertz CT molecular complexity index is 828. The second-order valence-corrected chi connectivity index (χ2v) is 6.22. The Morgan fingerprint density at radius 3 is 2.91 bits per heavy atom. The van der Waals surface area contributed by atoms with Crippen LogP contribution in [-0.2, 0) is 12.8 Å². The highest BCUT2D eigenvalue weighted by Crippen LogP contribution is 2.20. The van der Waals surface area contributed by atoms with E-state index >= 15 is 0 Å². The lowest BCUT2D eigenvalue weighted by molar-refractivity contribution is 0.0955. The molecule has 3 aromatic rings. The molecule has 0 saturated carbocycles. The summed E-state index contributed by atoms with van der Waals surface area (Å²) < 4.78 is 0. The Hall–Kier alpha value is -2.27. The second-order valence-electron chi connectivity index (χ2n) is 5.50. The predicted molar refractivity (Wildman–Crippen MR) is 94.0 cm³/mol. The molecule has 1 aromatic carbocycles. The Morgan fingerprint density at radius 1 is 1.30 bits per heavy atom. The number of amides is 1. The van der Waals surface area contributed by atoms with Gasteiger partial charge >= 0.3 is 0 Å². The average molecular weight is 325 g/mol. The number of hydrogen-bond donors (Lipinski definition) is 1. The molecule has 0 fully saturated rings. The predicted octanol–water partition coefficient (Wildman–Crippen LogP) is 3.53. The van der Waals surface area contributed by atoms with Crippen molar-refractivity contribution in [2.24, 2.45) is 0 Å². The molecule has 3 rings (SSSR count). The minimum atomic E-state index is -0.0519. The van der Waals surface area contributed by atoms with Gasteiger partial charge in [-0.1, -0.05) is 13.0 Å². The van der Waals surface area contributed by atoms with Gasteiger partial charge in [0, 0.05) is 29.4 Å². The normalized spacial score (nSPS) is 10.9. The number of nitrogens with zero attached hydrogens (tertiary/aromatic N) is 2. The first-order valence-electron chi connectivity index (χ1n) is 7.73. The molecule has 118 valence electrons. The van der Waals surface area contributed by atoms with Crippen molar-refractivity contribution in [3.8, 4) is 0 Å². The number of carbonyl (C=O) groups is 1. The van der Waals surface area contributed by atoms with Crippen LogP contribution in [0.1, 0.15) is 34.2 Å². The molecule has 2 heterocycles. The molecule has 0 aliphatic carbocycles. The van der Waals surface area contributed by atoms with Crippen molar-refractivity contribution >= 4 is 28.1 Å². The van der Waals surface area contributed by atoms with Crippen molar-refractivity contribution in [2.45, 2.75) is 26.7 Å². The molecule has 0 aliphatic rings. The van der Waals surface area contributed by atoms with E-state index in [9.17, 15) is 4.79 Å². The van der Waals surface area contributed by atoms with Gasteiger partial charge in [0.15, 0.2) is 0 Å². The molecule has 0 spiro atoms. The number of thiazole rings is 1. The van der Waals surface area contributed by atoms with Crippen LogP contribution < -0.4 is 5.32 Å². The summed E-state index contributed by atoms with van der Waals surface area (Å²) in [6.07, 6.45) is 1.69. The van der Waals surface area contributed by atoms with Crippen molar-refractivity contribution in [3.05, 3.63) is 57.7 Å². The van der Waals surface area contributed by atoms with Crippen LogP contribution in [0.15, 0.2) is 35.2 Å². The number of aromatic nitrogens is 2. The molecule has 5 heteroatoms. The van der Waals surface area contributed by atoms with E-state index in [-0.39, 0.29) is 5.91 Å². The number of nitrogens with one attached hydrogen (secondary N) is 1. The van der Waals surface area contributed by atoms with Crippen molar-refractivity contribution in [3.63, 3.8) is 0 Å². The van der Waals surface area contributed by atoms with Gasteiger partial charge in [-0.3, -0.25) is 9.78 Å². The minimum Gasteiger partial charge on any atom is -0.352 e. The summed E-state index contributed by atoms with van der Waals surface area (Å²) in [5.74, 6) is -0.0519. The van der Waals surface area contributed by atoms with Gasteiger partial charge in [-0.25, -0.2) is 4.98 Å². The molecule has 23 heavy (non-hydrogen) atoms. The molecule has 0 bridgehead atoms. The fourth-order valence-corrected chi connectivity index (χ4v) is 3.17. The SMILES string of the molecule is CCc1ccc2nc(C)cc(C(=O)NCCc3cscn3)c2c1. The van der Waals surface area contributed by atoms with Crippen LogP contribution in [0.2, 0.25) is 0 Å². The fourth-order valence-electron chi connectivity index (χ4n) is 2.57. The third-order valence-corrected chi connectivity index (χ3v) is 4.44. The number of pyridine rings is 1. The number of hydrogen-bond acceptors (Lipinski definition) is 4. The standard InChI is InChI=1S/C18H19N3OS/c1-3-13-4-5-17-15(9-13)16(8-12(2)21-17)18(22)19-7-6-14-10-23-11-20-14/h4-5,8-11H,3,6-7H2,1-2H3,(H,19,22). The third kappa shape index (κ3) is 3.56. The maximum absolute atomic E-state index is 12.6. The first-order valence-corrected chi connectivity index (χ1v) is 8.67. The first-order chi connectivity index (χ1) is 11.2. The van der Waals surface area contributed by atoms with E-state index in [0.29, 0.717) is 12.1 Å². The van der Waals surface area contributed by atoms with Crippen LogP contribution in [0, 0.1) is 6.92 Å². The fraction of sp³-hybridized carbons (Fsp3) is 0.278. The summed E-state index contributed by atoms with van der Waals surface area (Å²) in [5, 5.41) is 5.92. The van der Waals surface area contributed by atoms with Crippen molar-refractivity contribution in [1.82, 2.24) is 15.3 Å².